The molecule has 0 radical (unpaired) electrons. The van der Waals surface area contributed by atoms with Gasteiger partial charge in [0.1, 0.15) is 5.60 Å². The number of nitrogens with one attached hydrogen (secondary N) is 2. The Morgan fingerprint density at radius 1 is 1.52 bits per heavy atom. The Bertz CT molecular complexity index is 624. The minimum Gasteiger partial charge on any atom is -0.462 e. The van der Waals surface area contributed by atoms with Crippen molar-refractivity contribution in [3.05, 3.63) is 29.5 Å². The predicted molar refractivity (Wildman–Crippen MR) is 90.8 cm³/mol. The highest BCUT2D eigenvalue weighted by Crippen LogP contribution is 2.25. The highest BCUT2D eigenvalue weighted by Gasteiger charge is 2.39. The monoisotopic (exact) mass is 357 g/mol. The van der Waals surface area contributed by atoms with Gasteiger partial charge >= 0.3 is 0 Å². The van der Waals surface area contributed by atoms with Crippen LogP contribution < -0.4 is 10.6 Å². The Balaban J connectivity index is 0.00000192. The van der Waals surface area contributed by atoms with E-state index < -0.39 is 5.60 Å². The summed E-state index contributed by atoms with van der Waals surface area (Å²) in [4.78, 5) is 16.9. The summed E-state index contributed by atoms with van der Waals surface area (Å²) in [6.07, 6.45) is 2.99. The van der Waals surface area contributed by atoms with Gasteiger partial charge in [0, 0.05) is 12.5 Å². The highest BCUT2D eigenvalue weighted by molar-refractivity contribution is 7.13. The number of nitrogens with zero attached hydrogens (tertiary/aromatic N) is 1. The summed E-state index contributed by atoms with van der Waals surface area (Å²) in [5.74, 6) is 0.679. The van der Waals surface area contributed by atoms with E-state index in [0.717, 1.165) is 29.6 Å². The first-order valence-electron chi connectivity index (χ1n) is 7.26. The van der Waals surface area contributed by atoms with Gasteiger partial charge in [0.2, 0.25) is 0 Å². The van der Waals surface area contributed by atoms with Crippen molar-refractivity contribution < 1.29 is 13.9 Å². The van der Waals surface area contributed by atoms with Crippen molar-refractivity contribution in [2.45, 2.75) is 25.0 Å². The minimum absolute atomic E-state index is 0. The molecule has 8 heteroatoms. The lowest BCUT2D eigenvalue weighted by atomic mass is 9.91. The molecule has 2 aromatic heterocycles. The molecular weight excluding hydrogens is 338 g/mol. The number of carbonyl (C=O) groups excluding carboxylic acids is 1. The molecule has 3 rings (SSSR count). The molecule has 0 bridgehead atoms. The van der Waals surface area contributed by atoms with Gasteiger partial charge in [-0.1, -0.05) is 0 Å². The molecule has 3 heterocycles. The van der Waals surface area contributed by atoms with E-state index in [9.17, 15) is 4.79 Å². The maximum Gasteiger partial charge on any atom is 0.252 e. The molecule has 2 N–H and O–H groups in total. The van der Waals surface area contributed by atoms with E-state index in [1.807, 2.05) is 17.5 Å². The average Bonchev–Trinajstić information content (AvgIpc) is 3.24. The fourth-order valence-corrected chi connectivity index (χ4v) is 3.37. The van der Waals surface area contributed by atoms with Gasteiger partial charge in [0.15, 0.2) is 10.8 Å². The minimum atomic E-state index is -0.717. The molecule has 2 aromatic rings. The lowest BCUT2D eigenvalue weighted by Crippen LogP contribution is -2.53. The third-order valence-corrected chi connectivity index (χ3v) is 4.84. The number of hydrogen-bond donors (Lipinski definition) is 2. The second kappa shape index (κ2) is 7.92. The van der Waals surface area contributed by atoms with Crippen LogP contribution in [0.4, 0.5) is 0 Å². The molecule has 0 aliphatic carbocycles. The Hall–Kier alpha value is -1.41. The molecule has 0 aromatic carbocycles. The summed E-state index contributed by atoms with van der Waals surface area (Å²) in [7, 11) is 1.60. The summed E-state index contributed by atoms with van der Waals surface area (Å²) in [6.45, 7) is 1.98. The standard InChI is InChI=1S/C15H19N3O3S.ClH/c1-20-15(4-6-16-7-5-15)14(19)17-9-11-10-22-13(18-11)12-3-2-8-21-12;/h2-3,8,10,16H,4-7,9H2,1H3,(H,17,19);1H. The molecule has 6 nitrogen and oxygen atoms in total. The van der Waals surface area contributed by atoms with Gasteiger partial charge in [-0.25, -0.2) is 4.98 Å². The Kier molecular flexibility index (Phi) is 6.17. The van der Waals surface area contributed by atoms with Crippen LogP contribution in [0.25, 0.3) is 10.8 Å². The van der Waals surface area contributed by atoms with Gasteiger partial charge in [0.05, 0.1) is 18.5 Å². The first-order chi connectivity index (χ1) is 10.7. The van der Waals surface area contributed by atoms with Crippen LogP contribution in [0.2, 0.25) is 0 Å². The van der Waals surface area contributed by atoms with Crippen LogP contribution in [0, 0.1) is 0 Å². The number of carbonyl (C=O) groups is 1. The summed E-state index contributed by atoms with van der Waals surface area (Å²) in [5, 5.41) is 8.93. The lowest BCUT2D eigenvalue weighted by molar-refractivity contribution is -0.146. The van der Waals surface area contributed by atoms with Gasteiger partial charge < -0.3 is 19.8 Å². The Labute approximate surface area is 145 Å². The smallest absolute Gasteiger partial charge is 0.252 e. The number of hydrogen-bond acceptors (Lipinski definition) is 6. The molecule has 1 aliphatic rings. The summed E-state index contributed by atoms with van der Waals surface area (Å²) in [6, 6.07) is 3.70. The van der Waals surface area contributed by atoms with Crippen molar-refractivity contribution >= 4 is 29.7 Å². The van der Waals surface area contributed by atoms with Crippen LogP contribution >= 0.6 is 23.7 Å². The number of furan rings is 1. The summed E-state index contributed by atoms with van der Waals surface area (Å²) >= 11 is 1.50. The summed E-state index contributed by atoms with van der Waals surface area (Å²) in [5.41, 5.74) is 0.107. The molecule has 23 heavy (non-hydrogen) atoms. The number of amides is 1. The highest BCUT2D eigenvalue weighted by atomic mass is 35.5. The zero-order valence-electron chi connectivity index (χ0n) is 12.8. The number of rotatable bonds is 5. The number of aromatic nitrogens is 1. The van der Waals surface area contributed by atoms with E-state index in [0.29, 0.717) is 19.4 Å². The largest absolute Gasteiger partial charge is 0.462 e. The van der Waals surface area contributed by atoms with Gasteiger partial charge in [0.25, 0.3) is 5.91 Å². The molecule has 1 aliphatic heterocycles. The topological polar surface area (TPSA) is 76.4 Å². The number of halogens is 1. The van der Waals surface area contributed by atoms with Crippen LogP contribution in [0.15, 0.2) is 28.2 Å². The fraction of sp³-hybridized carbons (Fsp3) is 0.467. The molecule has 0 atom stereocenters. The van der Waals surface area contributed by atoms with Crippen molar-refractivity contribution in [2.75, 3.05) is 20.2 Å². The number of piperidine rings is 1. The maximum atomic E-state index is 12.5. The van der Waals surface area contributed by atoms with Gasteiger partial charge in [-0.15, -0.1) is 23.7 Å². The fourth-order valence-electron chi connectivity index (χ4n) is 2.59. The normalized spacial score (nSPS) is 16.6. The number of thiazole rings is 1. The van der Waals surface area contributed by atoms with Crippen LogP contribution in [0.3, 0.4) is 0 Å². The Morgan fingerprint density at radius 3 is 2.96 bits per heavy atom. The van der Waals surface area contributed by atoms with Crippen molar-refractivity contribution in [3.8, 4) is 10.8 Å². The second-order valence-corrected chi connectivity index (χ2v) is 6.11. The van der Waals surface area contributed by atoms with Crippen LogP contribution in [0.1, 0.15) is 18.5 Å². The zero-order valence-corrected chi connectivity index (χ0v) is 14.5. The van der Waals surface area contributed by atoms with Crippen molar-refractivity contribution in [1.82, 2.24) is 15.6 Å². The Morgan fingerprint density at radius 2 is 2.30 bits per heavy atom. The molecule has 126 valence electrons. The van der Waals surface area contributed by atoms with Crippen LogP contribution in [0.5, 0.6) is 0 Å². The first kappa shape index (κ1) is 17.9. The second-order valence-electron chi connectivity index (χ2n) is 5.25. The first-order valence-corrected chi connectivity index (χ1v) is 8.14. The quantitative estimate of drug-likeness (QED) is 0.858. The van der Waals surface area contributed by atoms with E-state index in [1.165, 1.54) is 11.3 Å². The average molecular weight is 358 g/mol. The maximum absolute atomic E-state index is 12.5. The van der Waals surface area contributed by atoms with E-state index >= 15 is 0 Å². The molecule has 1 saturated heterocycles. The van der Waals surface area contributed by atoms with E-state index in [1.54, 1.807) is 13.4 Å². The third-order valence-electron chi connectivity index (χ3n) is 3.93. The molecule has 0 spiro atoms. The molecule has 1 fully saturated rings. The van der Waals surface area contributed by atoms with Crippen LogP contribution in [-0.4, -0.2) is 36.7 Å². The number of ether oxygens (including phenoxy) is 1. The molecule has 0 saturated carbocycles. The lowest BCUT2D eigenvalue weighted by Gasteiger charge is -2.34. The third kappa shape index (κ3) is 3.92. The number of methoxy groups -OCH3 is 1. The van der Waals surface area contributed by atoms with Gasteiger partial charge in [-0.05, 0) is 38.1 Å². The van der Waals surface area contributed by atoms with E-state index in [2.05, 4.69) is 15.6 Å². The molecular formula is C15H20ClN3O3S. The van der Waals surface area contributed by atoms with Crippen molar-refractivity contribution in [3.63, 3.8) is 0 Å². The molecule has 1 amide bonds. The summed E-state index contributed by atoms with van der Waals surface area (Å²) < 4.78 is 10.8. The van der Waals surface area contributed by atoms with Gasteiger partial charge in [-0.3, -0.25) is 4.79 Å². The van der Waals surface area contributed by atoms with E-state index in [-0.39, 0.29) is 18.3 Å². The molecule has 0 unspecified atom stereocenters. The predicted octanol–water partition coefficient (Wildman–Crippen LogP) is 2.21. The zero-order chi connectivity index (χ0) is 15.4. The van der Waals surface area contributed by atoms with Crippen molar-refractivity contribution in [1.29, 1.82) is 0 Å². The van der Waals surface area contributed by atoms with Crippen molar-refractivity contribution in [2.24, 2.45) is 0 Å². The van der Waals surface area contributed by atoms with Gasteiger partial charge in [-0.2, -0.15) is 0 Å². The SMILES string of the molecule is COC1(C(=O)NCc2csc(-c3ccco3)n2)CCNCC1.Cl. The van der Waals surface area contributed by atoms with E-state index in [4.69, 9.17) is 9.15 Å². The van der Waals surface area contributed by atoms with Crippen LogP contribution in [-0.2, 0) is 16.1 Å².